The summed E-state index contributed by atoms with van der Waals surface area (Å²) < 4.78 is 30.0. The van der Waals surface area contributed by atoms with Gasteiger partial charge in [0, 0.05) is 0 Å². The van der Waals surface area contributed by atoms with E-state index in [0.29, 0.717) is 0 Å². The Bertz CT molecular complexity index is 452. The molecule has 0 spiro atoms. The fourth-order valence-corrected chi connectivity index (χ4v) is 0.761. The van der Waals surface area contributed by atoms with Crippen LogP contribution in [0.25, 0.3) is 0 Å². The highest BCUT2D eigenvalue weighted by molar-refractivity contribution is 5.67. The Morgan fingerprint density at radius 1 is 0.909 bits per heavy atom. The number of nitrogens with zero attached hydrogens (tertiary/aromatic N) is 4. The maximum absolute atomic E-state index is 13.2. The average Bonchev–Trinajstić information content (AvgIpc) is 2.40. The van der Waals surface area contributed by atoms with E-state index >= 15 is 0 Å². The lowest BCUT2D eigenvalue weighted by Crippen LogP contribution is -2.52. The van der Waals surface area contributed by atoms with Crippen LogP contribution in [0.1, 0.15) is 0 Å². The van der Waals surface area contributed by atoms with E-state index in [0.717, 1.165) is 5.32 Å². The molecule has 0 radical (unpaired) electrons. The summed E-state index contributed by atoms with van der Waals surface area (Å²) in [6.07, 6.45) is -1.99. The van der Waals surface area contributed by atoms with Crippen molar-refractivity contribution in [2.75, 3.05) is 13.2 Å². The predicted octanol–water partition coefficient (Wildman–Crippen LogP) is -0.934. The van der Waals surface area contributed by atoms with Gasteiger partial charge in [0.15, 0.2) is 0 Å². The molecule has 0 aliphatic rings. The minimum absolute atomic E-state index is 1.11. The van der Waals surface area contributed by atoms with Gasteiger partial charge in [0.05, 0.1) is 0 Å². The first-order chi connectivity index (χ1) is 9.87. The van der Waals surface area contributed by atoms with Crippen LogP contribution in [0.5, 0.6) is 0 Å². The molecule has 0 aliphatic carbocycles. The Morgan fingerprint density at radius 2 is 1.27 bits per heavy atom. The topological polar surface area (TPSA) is 211 Å². The number of carbonyl (C=O) groups is 1. The Hall–Kier alpha value is -3.27. The summed E-state index contributed by atoms with van der Waals surface area (Å²) in [4.78, 5) is 43.3. The molecule has 15 nitrogen and oxygen atoms in total. The second-order valence-electron chi connectivity index (χ2n) is 3.40. The maximum atomic E-state index is 13.2. The largest absolute Gasteiger partial charge is 0.648 e. The number of halogens is 2. The number of alkyl halides is 2. The van der Waals surface area contributed by atoms with Crippen LogP contribution < -0.4 is 5.32 Å². The zero-order valence-electron chi connectivity index (χ0n) is 10.0. The van der Waals surface area contributed by atoms with E-state index in [9.17, 15) is 54.0 Å². The summed E-state index contributed by atoms with van der Waals surface area (Å²) in [5.74, 6) is -8.74. The molecule has 0 saturated heterocycles. The molecule has 0 aromatic heterocycles. The highest BCUT2D eigenvalue weighted by Crippen LogP contribution is 2.14. The Labute approximate surface area is 116 Å². The van der Waals surface area contributed by atoms with Crippen LogP contribution in [-0.4, -0.2) is 50.8 Å². The number of nitrogens with one attached hydrogen (secondary N) is 1. The van der Waals surface area contributed by atoms with E-state index in [1.54, 1.807) is 0 Å². The van der Waals surface area contributed by atoms with Crippen molar-refractivity contribution in [3.63, 3.8) is 0 Å². The third kappa shape index (κ3) is 3.86. The van der Waals surface area contributed by atoms with Crippen LogP contribution in [0.2, 0.25) is 0 Å². The zero-order valence-corrected chi connectivity index (χ0v) is 10.0. The number of amides is 1. The molecule has 0 saturated carbocycles. The molecule has 0 unspecified atom stereocenters. The summed E-state index contributed by atoms with van der Waals surface area (Å²) in [5.41, 5.74) is 0. The average molecular weight is 333 g/mol. The minimum atomic E-state index is -4.41. The molecular weight excluding hydrogens is 328 g/mol. The molecule has 0 fully saturated rings. The molecule has 22 heavy (non-hydrogen) atoms. The smallest absolute Gasteiger partial charge is 0.430 e. The van der Waals surface area contributed by atoms with Gasteiger partial charge < -0.3 is 10.1 Å². The van der Waals surface area contributed by atoms with E-state index in [4.69, 9.17) is 0 Å². The molecule has 0 aromatic rings. The normalized spacial score (nSPS) is 11.4. The van der Waals surface area contributed by atoms with Gasteiger partial charge in [-0.2, -0.15) is 0 Å². The van der Waals surface area contributed by atoms with Crippen LogP contribution in [0.4, 0.5) is 13.6 Å². The van der Waals surface area contributed by atoms with E-state index < -0.39 is 50.8 Å². The number of alkyl carbamates (subject to hydrolysis) is 1. The Kier molecular flexibility index (Phi) is 5.49. The number of nitro groups is 4. The monoisotopic (exact) mass is 333 g/mol. The number of carbonyl (C=O) groups excluding carboxylic acids is 1. The van der Waals surface area contributed by atoms with Crippen molar-refractivity contribution in [3.8, 4) is 0 Å². The maximum Gasteiger partial charge on any atom is 0.648 e. The van der Waals surface area contributed by atoms with Crippen molar-refractivity contribution in [1.29, 1.82) is 0 Å². The Balaban J connectivity index is 4.72. The molecule has 17 heteroatoms. The van der Waals surface area contributed by atoms with Crippen LogP contribution in [0.3, 0.4) is 0 Å². The van der Waals surface area contributed by atoms with E-state index in [-0.39, 0.29) is 0 Å². The molecule has 0 aromatic carbocycles. The highest BCUT2D eigenvalue weighted by atomic mass is 19.2. The first-order valence-electron chi connectivity index (χ1n) is 4.74. The fourth-order valence-electron chi connectivity index (χ4n) is 0.761. The standard InChI is InChI=1S/C5H5F2N5O10/c6-4(9(14)15,10(16)17)1-8-3(13)22-2-5(7,11(18)19)12(20)21/h1-2H2,(H,8,13). The first kappa shape index (κ1) is 18.7. The van der Waals surface area contributed by atoms with Gasteiger partial charge >= 0.3 is 17.9 Å². The Morgan fingerprint density at radius 3 is 1.59 bits per heavy atom. The molecule has 1 amide bonds. The van der Waals surface area contributed by atoms with Gasteiger partial charge in [0.25, 0.3) is 6.61 Å². The van der Waals surface area contributed by atoms with Crippen molar-refractivity contribution in [2.45, 2.75) is 11.8 Å². The number of hydrogen-bond acceptors (Lipinski definition) is 10. The summed E-state index contributed by atoms with van der Waals surface area (Å²) in [6.45, 7) is -3.93. The van der Waals surface area contributed by atoms with Crippen LogP contribution in [0, 0.1) is 40.5 Å². The van der Waals surface area contributed by atoms with Crippen LogP contribution in [-0.2, 0) is 4.74 Å². The van der Waals surface area contributed by atoms with Gasteiger partial charge in [-0.25, -0.2) is 4.79 Å². The predicted molar refractivity (Wildman–Crippen MR) is 55.0 cm³/mol. The van der Waals surface area contributed by atoms with Gasteiger partial charge in [0.1, 0.15) is 19.7 Å². The summed E-state index contributed by atoms with van der Waals surface area (Å²) in [6, 6.07) is 0. The summed E-state index contributed by atoms with van der Waals surface area (Å²) in [7, 11) is 0. The molecule has 0 rings (SSSR count). The third-order valence-corrected chi connectivity index (χ3v) is 1.96. The minimum Gasteiger partial charge on any atom is -0.430 e. The molecule has 1 N–H and O–H groups in total. The van der Waals surface area contributed by atoms with Crippen molar-refractivity contribution in [1.82, 2.24) is 5.32 Å². The number of ether oxygens (including phenoxy) is 1. The fraction of sp³-hybridized carbons (Fsp3) is 0.800. The van der Waals surface area contributed by atoms with Crippen LogP contribution >= 0.6 is 0 Å². The van der Waals surface area contributed by atoms with Gasteiger partial charge in [0.2, 0.25) is 6.54 Å². The quantitative estimate of drug-likeness (QED) is 0.249. The van der Waals surface area contributed by atoms with Crippen molar-refractivity contribution in [3.05, 3.63) is 40.5 Å². The van der Waals surface area contributed by atoms with Crippen molar-refractivity contribution in [2.24, 2.45) is 0 Å². The van der Waals surface area contributed by atoms with E-state index in [2.05, 4.69) is 4.74 Å². The van der Waals surface area contributed by atoms with Crippen molar-refractivity contribution < 1.29 is 38.0 Å². The van der Waals surface area contributed by atoms with Gasteiger partial charge in [-0.05, 0) is 0 Å². The molecular formula is C5H5F2N5O10. The van der Waals surface area contributed by atoms with Gasteiger partial charge in [-0.1, -0.05) is 8.78 Å². The number of hydrogen-bond donors (Lipinski definition) is 1. The summed E-state index contributed by atoms with van der Waals surface area (Å²) >= 11 is 0. The lowest BCUT2D eigenvalue weighted by atomic mass is 10.4. The van der Waals surface area contributed by atoms with E-state index in [1.807, 2.05) is 0 Å². The van der Waals surface area contributed by atoms with Gasteiger partial charge in [-0.15, -0.1) is 0 Å². The van der Waals surface area contributed by atoms with E-state index in [1.165, 1.54) is 0 Å². The second kappa shape index (κ2) is 6.45. The number of rotatable bonds is 8. The van der Waals surface area contributed by atoms with Crippen molar-refractivity contribution >= 4 is 6.09 Å². The lowest BCUT2D eigenvalue weighted by molar-refractivity contribution is -0.832. The SMILES string of the molecule is O=C(NCC(F)([N+](=O)[O-])[N+](=O)[O-])OCC(F)([N+](=O)[O-])[N+](=O)[O-]. The first-order valence-corrected chi connectivity index (χ1v) is 4.74. The second-order valence-corrected chi connectivity index (χ2v) is 3.40. The zero-order chi connectivity index (χ0) is 17.7. The molecule has 0 bridgehead atoms. The highest BCUT2D eigenvalue weighted by Gasteiger charge is 2.60. The molecule has 0 heterocycles. The molecule has 124 valence electrons. The lowest BCUT2D eigenvalue weighted by Gasteiger charge is -2.11. The molecule has 0 atom stereocenters. The van der Waals surface area contributed by atoms with Crippen LogP contribution in [0.15, 0.2) is 0 Å². The molecule has 0 aliphatic heterocycles. The third-order valence-electron chi connectivity index (χ3n) is 1.96. The van der Waals surface area contributed by atoms with Gasteiger partial charge in [-0.3, -0.25) is 40.5 Å². The summed E-state index contributed by atoms with van der Waals surface area (Å²) in [5, 5.41) is 41.6.